The molecule has 0 unspecified atom stereocenters. The van der Waals surface area contributed by atoms with E-state index in [-0.39, 0.29) is 17.6 Å². The van der Waals surface area contributed by atoms with Crippen LogP contribution >= 0.6 is 0 Å². The second kappa shape index (κ2) is 9.93. The molecule has 1 saturated heterocycles. The minimum atomic E-state index is -4.40. The molecule has 37 heavy (non-hydrogen) atoms. The largest absolute Gasteiger partial charge is 0.508 e. The van der Waals surface area contributed by atoms with Gasteiger partial charge in [-0.05, 0) is 81.2 Å². The maximum Gasteiger partial charge on any atom is 0.416 e. The van der Waals surface area contributed by atoms with E-state index >= 15 is 0 Å². The molecule has 0 saturated carbocycles. The van der Waals surface area contributed by atoms with Crippen LogP contribution in [0.4, 0.5) is 13.2 Å². The molecule has 0 spiro atoms. The lowest BCUT2D eigenvalue weighted by molar-refractivity contribution is -0.137. The summed E-state index contributed by atoms with van der Waals surface area (Å²) in [5.41, 5.74) is 1.21. The molecule has 3 aromatic carbocycles. The van der Waals surface area contributed by atoms with Gasteiger partial charge in [-0.1, -0.05) is 30.3 Å². The highest BCUT2D eigenvalue weighted by atomic mass is 19.4. The van der Waals surface area contributed by atoms with E-state index in [1.54, 1.807) is 24.3 Å². The molecule has 7 heteroatoms. The molecule has 2 aliphatic rings. The third-order valence-electron chi connectivity index (χ3n) is 7.50. The fourth-order valence-corrected chi connectivity index (χ4v) is 5.71. The second-order valence-corrected chi connectivity index (χ2v) is 10.5. The van der Waals surface area contributed by atoms with Crippen molar-refractivity contribution in [3.8, 4) is 17.2 Å². The Kier molecular flexibility index (Phi) is 6.84. The van der Waals surface area contributed by atoms with Gasteiger partial charge < -0.3 is 14.6 Å². The molecule has 4 nitrogen and oxygen atoms in total. The lowest BCUT2D eigenvalue weighted by atomic mass is 9.68. The predicted molar refractivity (Wildman–Crippen MR) is 136 cm³/mol. The minimum Gasteiger partial charge on any atom is -0.508 e. The zero-order chi connectivity index (χ0) is 26.2. The average molecular weight is 512 g/mol. The molecule has 2 atom stereocenters. The SMILES string of the molecule is CC1(C)Oc2cc(O)ccc2[C@H](c2ccc(OCCN3CCCC3)cc2)[C@H]1c1ccc(C(F)(F)F)cc1. The predicted octanol–water partition coefficient (Wildman–Crippen LogP) is 6.97. The standard InChI is InChI=1S/C30H32F3NO3/c1-29(2)28(21-5-9-22(10-6-21)30(31,32)33)27(25-14-11-23(35)19-26(25)37-29)20-7-12-24(13-8-20)36-18-17-34-15-3-4-16-34/h5-14,19,27-28,35H,3-4,15-18H2,1-2H3/t27-,28+/m0/s1. The molecule has 1 fully saturated rings. The summed E-state index contributed by atoms with van der Waals surface area (Å²) in [7, 11) is 0. The van der Waals surface area contributed by atoms with Gasteiger partial charge in [-0.15, -0.1) is 0 Å². The van der Waals surface area contributed by atoms with Crippen LogP contribution in [0.25, 0.3) is 0 Å². The maximum absolute atomic E-state index is 13.2. The molecule has 2 aliphatic heterocycles. The molecule has 196 valence electrons. The Balaban J connectivity index is 1.47. The molecular weight excluding hydrogens is 479 g/mol. The summed E-state index contributed by atoms with van der Waals surface area (Å²) in [4.78, 5) is 2.40. The van der Waals surface area contributed by atoms with Crippen LogP contribution in [0.5, 0.6) is 17.2 Å². The van der Waals surface area contributed by atoms with Crippen molar-refractivity contribution in [3.05, 3.63) is 89.0 Å². The third kappa shape index (κ3) is 5.42. The molecular formula is C30H32F3NO3. The van der Waals surface area contributed by atoms with Crippen molar-refractivity contribution in [1.82, 2.24) is 4.90 Å². The van der Waals surface area contributed by atoms with E-state index in [2.05, 4.69) is 4.90 Å². The zero-order valence-electron chi connectivity index (χ0n) is 21.1. The third-order valence-corrected chi connectivity index (χ3v) is 7.50. The summed E-state index contributed by atoms with van der Waals surface area (Å²) in [6, 6.07) is 18.4. The lowest BCUT2D eigenvalue weighted by Crippen LogP contribution is -2.43. The van der Waals surface area contributed by atoms with Gasteiger partial charge in [0.05, 0.1) is 5.56 Å². The fraction of sp³-hybridized carbons (Fsp3) is 0.400. The maximum atomic E-state index is 13.2. The molecule has 0 amide bonds. The Hall–Kier alpha value is -3.19. The number of hydrogen-bond donors (Lipinski definition) is 1. The number of likely N-dealkylation sites (tertiary alicyclic amines) is 1. The molecule has 3 aromatic rings. The Morgan fingerprint density at radius 2 is 1.59 bits per heavy atom. The van der Waals surface area contributed by atoms with Crippen LogP contribution in [0.2, 0.25) is 0 Å². The number of benzene rings is 3. The minimum absolute atomic E-state index is 0.100. The Bertz CT molecular complexity index is 1220. The number of aromatic hydroxyl groups is 1. The number of hydrogen-bond acceptors (Lipinski definition) is 4. The van der Waals surface area contributed by atoms with Gasteiger partial charge >= 0.3 is 6.18 Å². The van der Waals surface area contributed by atoms with Crippen LogP contribution in [-0.4, -0.2) is 41.8 Å². The van der Waals surface area contributed by atoms with Crippen molar-refractivity contribution in [3.63, 3.8) is 0 Å². The second-order valence-electron chi connectivity index (χ2n) is 10.5. The molecule has 1 N–H and O–H groups in total. The molecule has 5 rings (SSSR count). The van der Waals surface area contributed by atoms with Gasteiger partial charge in [-0.2, -0.15) is 13.2 Å². The van der Waals surface area contributed by atoms with Crippen LogP contribution in [0.1, 0.15) is 60.8 Å². The summed E-state index contributed by atoms with van der Waals surface area (Å²) in [5, 5.41) is 10.1. The topological polar surface area (TPSA) is 41.9 Å². The first-order valence-electron chi connectivity index (χ1n) is 12.8. The number of alkyl halides is 3. The average Bonchev–Trinajstić information content (AvgIpc) is 3.36. The van der Waals surface area contributed by atoms with Gasteiger partial charge in [0, 0.05) is 30.0 Å². The van der Waals surface area contributed by atoms with Crippen LogP contribution in [0, 0.1) is 0 Å². The molecule has 0 aromatic heterocycles. The van der Waals surface area contributed by atoms with E-state index in [9.17, 15) is 18.3 Å². The smallest absolute Gasteiger partial charge is 0.416 e. The van der Waals surface area contributed by atoms with Gasteiger partial charge in [0.25, 0.3) is 0 Å². The van der Waals surface area contributed by atoms with Crippen molar-refractivity contribution >= 4 is 0 Å². The van der Waals surface area contributed by atoms with Crippen molar-refractivity contribution in [2.45, 2.75) is 50.3 Å². The lowest BCUT2D eigenvalue weighted by Gasteiger charge is -2.45. The number of rotatable bonds is 6. The van der Waals surface area contributed by atoms with Gasteiger partial charge in [0.2, 0.25) is 0 Å². The first-order chi connectivity index (χ1) is 17.6. The molecule has 0 bridgehead atoms. The van der Waals surface area contributed by atoms with E-state index in [1.165, 1.54) is 12.8 Å². The van der Waals surface area contributed by atoms with Crippen molar-refractivity contribution in [2.75, 3.05) is 26.2 Å². The van der Waals surface area contributed by atoms with Crippen molar-refractivity contribution in [1.29, 1.82) is 0 Å². The van der Waals surface area contributed by atoms with Crippen LogP contribution in [0.3, 0.4) is 0 Å². The molecule has 0 aliphatic carbocycles. The zero-order valence-corrected chi connectivity index (χ0v) is 21.1. The monoisotopic (exact) mass is 511 g/mol. The first-order valence-corrected chi connectivity index (χ1v) is 12.8. The summed E-state index contributed by atoms with van der Waals surface area (Å²) < 4.78 is 52.0. The highest BCUT2D eigenvalue weighted by Crippen LogP contribution is 2.53. The van der Waals surface area contributed by atoms with E-state index < -0.39 is 17.3 Å². The van der Waals surface area contributed by atoms with Gasteiger partial charge in [-0.3, -0.25) is 4.90 Å². The summed E-state index contributed by atoms with van der Waals surface area (Å²) in [5.74, 6) is 0.988. The summed E-state index contributed by atoms with van der Waals surface area (Å²) in [6.07, 6.45) is -1.91. The van der Waals surface area contributed by atoms with E-state index in [0.29, 0.717) is 12.4 Å². The Labute approximate surface area is 215 Å². The highest BCUT2D eigenvalue weighted by Gasteiger charge is 2.45. The van der Waals surface area contributed by atoms with Gasteiger partial charge in [0.15, 0.2) is 0 Å². The number of phenolic OH excluding ortho intramolecular Hbond substituents is 1. The van der Waals surface area contributed by atoms with E-state index in [0.717, 1.165) is 54.2 Å². The highest BCUT2D eigenvalue weighted by molar-refractivity contribution is 5.52. The van der Waals surface area contributed by atoms with Crippen LogP contribution in [0.15, 0.2) is 66.7 Å². The van der Waals surface area contributed by atoms with Crippen LogP contribution < -0.4 is 9.47 Å². The number of halogens is 3. The fourth-order valence-electron chi connectivity index (χ4n) is 5.71. The quantitative estimate of drug-likeness (QED) is 0.388. The number of fused-ring (bicyclic) bond motifs is 1. The molecule has 0 radical (unpaired) electrons. The van der Waals surface area contributed by atoms with E-state index in [4.69, 9.17) is 9.47 Å². The number of nitrogens with zero attached hydrogens (tertiary/aromatic N) is 1. The summed E-state index contributed by atoms with van der Waals surface area (Å²) >= 11 is 0. The Morgan fingerprint density at radius 1 is 0.946 bits per heavy atom. The van der Waals surface area contributed by atoms with Crippen molar-refractivity contribution in [2.24, 2.45) is 0 Å². The summed E-state index contributed by atoms with van der Waals surface area (Å²) in [6.45, 7) is 7.66. The first kappa shape index (κ1) is 25.5. The van der Waals surface area contributed by atoms with Gasteiger partial charge in [0.1, 0.15) is 29.5 Å². The molecule has 2 heterocycles. The number of phenols is 1. The normalized spacial score (nSPS) is 21.3. The Morgan fingerprint density at radius 3 is 2.24 bits per heavy atom. The number of ether oxygens (including phenoxy) is 2. The van der Waals surface area contributed by atoms with Gasteiger partial charge in [-0.25, -0.2) is 0 Å². The van der Waals surface area contributed by atoms with Crippen LogP contribution in [-0.2, 0) is 6.18 Å². The van der Waals surface area contributed by atoms with E-state index in [1.807, 2.05) is 44.2 Å². The van der Waals surface area contributed by atoms with Crippen molar-refractivity contribution < 1.29 is 27.8 Å².